The maximum atomic E-state index is 12.3. The quantitative estimate of drug-likeness (QED) is 0.789. The monoisotopic (exact) mass is 371 g/mol. The number of nitrogens with two attached hydrogens (primary N) is 1. The Morgan fingerprint density at radius 3 is 2.23 bits per heavy atom. The lowest BCUT2D eigenvalue weighted by atomic mass is 10.1. The van der Waals surface area contributed by atoms with Gasteiger partial charge < -0.3 is 15.5 Å². The van der Waals surface area contributed by atoms with E-state index in [0.717, 1.165) is 18.8 Å². The summed E-state index contributed by atoms with van der Waals surface area (Å²) in [6.45, 7) is 2.70. The molecule has 0 bridgehead atoms. The minimum Gasteiger partial charge on any atom is -0.368 e. The lowest BCUT2D eigenvalue weighted by Crippen LogP contribution is -2.48. The fraction of sp³-hybridized carbons (Fsp3) is 0.316. The predicted octanol–water partition coefficient (Wildman–Crippen LogP) is 2.16. The Bertz CT molecular complexity index is 779. The molecule has 1 aromatic carbocycles. The van der Waals surface area contributed by atoms with E-state index in [0.29, 0.717) is 23.5 Å². The van der Waals surface area contributed by atoms with Crippen LogP contribution in [0.15, 0.2) is 41.8 Å². The Kier molecular flexibility index (Phi) is 5.68. The second kappa shape index (κ2) is 8.14. The first kappa shape index (κ1) is 18.1. The Labute approximate surface area is 156 Å². The average molecular weight is 371 g/mol. The lowest BCUT2D eigenvalue weighted by molar-refractivity contribution is -0.131. The van der Waals surface area contributed by atoms with Crippen molar-refractivity contribution in [1.29, 1.82) is 0 Å². The van der Waals surface area contributed by atoms with Crippen LogP contribution in [0.5, 0.6) is 0 Å². The standard InChI is InChI=1S/C19H21N3O3S/c20-19(25)14-3-5-15(6-4-14)21-9-11-22(12-10-21)18(24)8-7-16(23)17-2-1-13-26-17/h1-6,13H,7-12H2,(H2,20,25). The molecular formula is C19H21N3O3S. The van der Waals surface area contributed by atoms with Crippen molar-refractivity contribution in [2.45, 2.75) is 12.8 Å². The topological polar surface area (TPSA) is 83.7 Å². The third-order valence-corrected chi connectivity index (χ3v) is 5.42. The molecule has 26 heavy (non-hydrogen) atoms. The second-order valence-electron chi connectivity index (χ2n) is 6.18. The van der Waals surface area contributed by atoms with Gasteiger partial charge in [0.15, 0.2) is 5.78 Å². The van der Waals surface area contributed by atoms with Crippen LogP contribution in [0.2, 0.25) is 0 Å². The number of anilines is 1. The predicted molar refractivity (Wildman–Crippen MR) is 102 cm³/mol. The molecule has 0 aliphatic carbocycles. The van der Waals surface area contributed by atoms with Crippen molar-refractivity contribution in [3.8, 4) is 0 Å². The summed E-state index contributed by atoms with van der Waals surface area (Å²) in [4.78, 5) is 40.2. The van der Waals surface area contributed by atoms with E-state index in [1.165, 1.54) is 11.3 Å². The average Bonchev–Trinajstić information content (AvgIpc) is 3.21. The normalized spacial score (nSPS) is 14.3. The van der Waals surface area contributed by atoms with Gasteiger partial charge in [-0.3, -0.25) is 14.4 Å². The van der Waals surface area contributed by atoms with Crippen molar-refractivity contribution in [2.24, 2.45) is 5.73 Å². The van der Waals surface area contributed by atoms with Gasteiger partial charge in [-0.1, -0.05) is 6.07 Å². The highest BCUT2D eigenvalue weighted by Crippen LogP contribution is 2.18. The van der Waals surface area contributed by atoms with Crippen LogP contribution in [0.3, 0.4) is 0 Å². The number of thiophene rings is 1. The van der Waals surface area contributed by atoms with Crippen LogP contribution in [0.25, 0.3) is 0 Å². The van der Waals surface area contributed by atoms with Crippen molar-refractivity contribution >= 4 is 34.6 Å². The number of amides is 2. The SMILES string of the molecule is NC(=O)c1ccc(N2CCN(C(=O)CCC(=O)c3cccs3)CC2)cc1. The van der Waals surface area contributed by atoms with Crippen LogP contribution in [0, 0.1) is 0 Å². The Morgan fingerprint density at radius 2 is 1.65 bits per heavy atom. The molecule has 2 amide bonds. The van der Waals surface area contributed by atoms with E-state index in [1.807, 2.05) is 28.5 Å². The molecular weight excluding hydrogens is 350 g/mol. The zero-order chi connectivity index (χ0) is 18.5. The summed E-state index contributed by atoms with van der Waals surface area (Å²) < 4.78 is 0. The van der Waals surface area contributed by atoms with E-state index < -0.39 is 5.91 Å². The number of Topliss-reactive ketones (excluding diaryl/α,β-unsaturated/α-hetero) is 1. The van der Waals surface area contributed by atoms with Crippen molar-refractivity contribution in [3.05, 3.63) is 52.2 Å². The molecule has 1 aliphatic heterocycles. The van der Waals surface area contributed by atoms with E-state index in [4.69, 9.17) is 5.73 Å². The fourth-order valence-electron chi connectivity index (χ4n) is 2.99. The number of nitrogens with zero attached hydrogens (tertiary/aromatic N) is 2. The van der Waals surface area contributed by atoms with Gasteiger partial charge in [-0.2, -0.15) is 0 Å². The molecule has 1 aromatic heterocycles. The van der Waals surface area contributed by atoms with Crippen LogP contribution in [0.4, 0.5) is 5.69 Å². The molecule has 6 nitrogen and oxygen atoms in total. The highest BCUT2D eigenvalue weighted by Gasteiger charge is 2.22. The third-order valence-electron chi connectivity index (χ3n) is 4.51. The van der Waals surface area contributed by atoms with Gasteiger partial charge in [0.2, 0.25) is 11.8 Å². The van der Waals surface area contributed by atoms with Gasteiger partial charge in [-0.15, -0.1) is 11.3 Å². The molecule has 2 heterocycles. The molecule has 1 aliphatic rings. The Balaban J connectivity index is 1.47. The molecule has 2 aromatic rings. The van der Waals surface area contributed by atoms with Crippen LogP contribution >= 0.6 is 11.3 Å². The van der Waals surface area contributed by atoms with Crippen molar-refractivity contribution in [2.75, 3.05) is 31.1 Å². The van der Waals surface area contributed by atoms with E-state index in [2.05, 4.69) is 4.90 Å². The van der Waals surface area contributed by atoms with E-state index in [-0.39, 0.29) is 24.5 Å². The number of primary amides is 1. The maximum Gasteiger partial charge on any atom is 0.248 e. The highest BCUT2D eigenvalue weighted by atomic mass is 32.1. The number of hydrogen-bond donors (Lipinski definition) is 1. The first-order valence-corrected chi connectivity index (χ1v) is 9.42. The van der Waals surface area contributed by atoms with Gasteiger partial charge in [0.05, 0.1) is 4.88 Å². The first-order chi connectivity index (χ1) is 12.5. The maximum absolute atomic E-state index is 12.3. The van der Waals surface area contributed by atoms with Crippen LogP contribution < -0.4 is 10.6 Å². The molecule has 1 fully saturated rings. The summed E-state index contributed by atoms with van der Waals surface area (Å²) in [5.41, 5.74) is 6.75. The Hall–Kier alpha value is -2.67. The van der Waals surface area contributed by atoms with E-state index >= 15 is 0 Å². The van der Waals surface area contributed by atoms with Gasteiger partial charge in [0.1, 0.15) is 0 Å². The number of hydrogen-bond acceptors (Lipinski definition) is 5. The van der Waals surface area contributed by atoms with Gasteiger partial charge in [0.25, 0.3) is 0 Å². The summed E-state index contributed by atoms with van der Waals surface area (Å²) >= 11 is 1.41. The number of piperazine rings is 1. The van der Waals surface area contributed by atoms with Crippen LogP contribution in [0.1, 0.15) is 32.9 Å². The van der Waals surface area contributed by atoms with Crippen molar-refractivity contribution < 1.29 is 14.4 Å². The molecule has 0 atom stereocenters. The van der Waals surface area contributed by atoms with E-state index in [1.54, 1.807) is 18.2 Å². The smallest absolute Gasteiger partial charge is 0.248 e. The van der Waals surface area contributed by atoms with Crippen LogP contribution in [-0.2, 0) is 4.79 Å². The van der Waals surface area contributed by atoms with Crippen LogP contribution in [-0.4, -0.2) is 48.7 Å². The number of carbonyl (C=O) groups is 3. The molecule has 3 rings (SSSR count). The summed E-state index contributed by atoms with van der Waals surface area (Å²) in [5, 5.41) is 1.87. The molecule has 0 radical (unpaired) electrons. The van der Waals surface area contributed by atoms with Crippen molar-refractivity contribution in [3.63, 3.8) is 0 Å². The highest BCUT2D eigenvalue weighted by molar-refractivity contribution is 7.12. The minimum atomic E-state index is -0.441. The summed E-state index contributed by atoms with van der Waals surface area (Å²) in [6.07, 6.45) is 0.512. The zero-order valence-corrected chi connectivity index (χ0v) is 15.2. The number of carbonyl (C=O) groups excluding carboxylic acids is 3. The van der Waals surface area contributed by atoms with Crippen molar-refractivity contribution in [1.82, 2.24) is 4.90 Å². The lowest BCUT2D eigenvalue weighted by Gasteiger charge is -2.36. The molecule has 2 N–H and O–H groups in total. The third kappa shape index (κ3) is 4.29. The second-order valence-corrected chi connectivity index (χ2v) is 7.13. The molecule has 1 saturated heterocycles. The minimum absolute atomic E-state index is 0.0265. The first-order valence-electron chi connectivity index (χ1n) is 8.54. The number of rotatable bonds is 6. The molecule has 136 valence electrons. The molecule has 0 spiro atoms. The van der Waals surface area contributed by atoms with E-state index in [9.17, 15) is 14.4 Å². The number of ketones is 1. The summed E-state index contributed by atoms with van der Waals surface area (Å²) in [5.74, 6) is -0.385. The largest absolute Gasteiger partial charge is 0.368 e. The van der Waals surface area contributed by atoms with Gasteiger partial charge in [-0.25, -0.2) is 0 Å². The Morgan fingerprint density at radius 1 is 0.962 bits per heavy atom. The van der Waals surface area contributed by atoms with Gasteiger partial charge in [0, 0.05) is 50.3 Å². The summed E-state index contributed by atoms with van der Waals surface area (Å²) in [7, 11) is 0. The van der Waals surface area contributed by atoms with Gasteiger partial charge >= 0.3 is 0 Å². The molecule has 7 heteroatoms. The van der Waals surface area contributed by atoms with Gasteiger partial charge in [-0.05, 0) is 35.7 Å². The zero-order valence-electron chi connectivity index (χ0n) is 14.4. The molecule has 0 unspecified atom stereocenters. The fourth-order valence-corrected chi connectivity index (χ4v) is 3.68. The number of benzene rings is 1. The molecule has 0 saturated carbocycles. The summed E-state index contributed by atoms with van der Waals surface area (Å²) in [6, 6.07) is 10.8.